The third-order valence-corrected chi connectivity index (χ3v) is 3.84. The highest BCUT2D eigenvalue weighted by molar-refractivity contribution is 7.80. The minimum Gasteiger partial charge on any atom is -0.251 e. The van der Waals surface area contributed by atoms with Crippen molar-refractivity contribution in [2.24, 2.45) is 11.8 Å². The van der Waals surface area contributed by atoms with Crippen molar-refractivity contribution in [3.8, 4) is 0 Å². The van der Waals surface area contributed by atoms with Gasteiger partial charge in [0, 0.05) is 0 Å². The second-order valence-electron chi connectivity index (χ2n) is 4.59. The quantitative estimate of drug-likeness (QED) is 0.420. The van der Waals surface area contributed by atoms with Gasteiger partial charge in [0.25, 0.3) is 0 Å². The van der Waals surface area contributed by atoms with Gasteiger partial charge >= 0.3 is 0 Å². The molecule has 0 spiro atoms. The summed E-state index contributed by atoms with van der Waals surface area (Å²) in [6.45, 7) is 3.91. The van der Waals surface area contributed by atoms with Crippen LogP contribution in [-0.2, 0) is 4.89 Å². The molecule has 0 unspecified atom stereocenters. The van der Waals surface area contributed by atoms with E-state index >= 15 is 0 Å². The van der Waals surface area contributed by atoms with Crippen LogP contribution in [0.3, 0.4) is 0 Å². The Labute approximate surface area is 86.0 Å². The predicted molar refractivity (Wildman–Crippen MR) is 57.1 cm³/mol. The predicted octanol–water partition coefficient (Wildman–Crippen LogP) is 2.99. The highest BCUT2D eigenvalue weighted by Crippen LogP contribution is 2.36. The lowest BCUT2D eigenvalue weighted by atomic mass is 9.75. The fraction of sp³-hybridized carbons (Fsp3) is 1.00. The Balaban J connectivity index is 2.40. The fourth-order valence-electron chi connectivity index (χ4n) is 2.11. The zero-order valence-corrected chi connectivity index (χ0v) is 9.39. The maximum Gasteiger partial charge on any atom is 0.100 e. The normalized spacial score (nSPS) is 30.5. The molecule has 1 aliphatic carbocycles. The summed E-state index contributed by atoms with van der Waals surface area (Å²) < 4.78 is 0. The van der Waals surface area contributed by atoms with Gasteiger partial charge in [-0.15, -0.1) is 0 Å². The van der Waals surface area contributed by atoms with Crippen molar-refractivity contribution in [1.82, 2.24) is 0 Å². The van der Waals surface area contributed by atoms with Crippen LogP contribution in [0.25, 0.3) is 0 Å². The summed E-state index contributed by atoms with van der Waals surface area (Å²) in [6, 6.07) is 0. The first-order valence-corrected chi connectivity index (χ1v) is 5.67. The maximum atomic E-state index is 8.75. The zero-order valence-electron chi connectivity index (χ0n) is 8.49. The van der Waals surface area contributed by atoms with Gasteiger partial charge in [-0.25, -0.2) is 4.89 Å². The topological polar surface area (TPSA) is 29.5 Å². The van der Waals surface area contributed by atoms with E-state index in [0.717, 1.165) is 24.5 Å². The second kappa shape index (κ2) is 4.67. The smallest absolute Gasteiger partial charge is 0.100 e. The van der Waals surface area contributed by atoms with E-state index in [1.54, 1.807) is 0 Å². The van der Waals surface area contributed by atoms with Crippen LogP contribution < -0.4 is 0 Å². The van der Waals surface area contributed by atoms with Gasteiger partial charge in [-0.05, 0) is 57.1 Å². The molecule has 0 heterocycles. The van der Waals surface area contributed by atoms with Gasteiger partial charge in [0.2, 0.25) is 0 Å². The lowest BCUT2D eigenvalue weighted by molar-refractivity contribution is -0.328. The Morgan fingerprint density at radius 3 is 2.23 bits per heavy atom. The molecule has 0 saturated heterocycles. The van der Waals surface area contributed by atoms with Gasteiger partial charge in [0.15, 0.2) is 0 Å². The number of hydrogen-bond donors (Lipinski definition) is 2. The van der Waals surface area contributed by atoms with Crippen molar-refractivity contribution in [3.05, 3.63) is 0 Å². The molecule has 0 atom stereocenters. The van der Waals surface area contributed by atoms with Crippen molar-refractivity contribution < 1.29 is 10.1 Å². The van der Waals surface area contributed by atoms with Crippen LogP contribution in [0.2, 0.25) is 0 Å². The molecule has 13 heavy (non-hydrogen) atoms. The average Bonchev–Trinajstić information content (AvgIpc) is 2.18. The van der Waals surface area contributed by atoms with Crippen molar-refractivity contribution in [3.63, 3.8) is 0 Å². The molecule has 0 aromatic carbocycles. The summed E-state index contributed by atoms with van der Waals surface area (Å²) in [5.41, 5.74) is -0.373. The maximum absolute atomic E-state index is 8.75. The van der Waals surface area contributed by atoms with Crippen LogP contribution in [0, 0.1) is 11.8 Å². The summed E-state index contributed by atoms with van der Waals surface area (Å²) in [7, 11) is 0. The molecule has 0 aliphatic heterocycles. The molecule has 3 heteroatoms. The Hall–Kier alpha value is 0.270. The Morgan fingerprint density at radius 1 is 1.31 bits per heavy atom. The van der Waals surface area contributed by atoms with Gasteiger partial charge in [-0.2, -0.15) is 12.6 Å². The summed E-state index contributed by atoms with van der Waals surface area (Å²) in [5.74, 6) is 2.26. The van der Waals surface area contributed by atoms with E-state index in [1.165, 1.54) is 12.8 Å². The van der Waals surface area contributed by atoms with Crippen molar-refractivity contribution in [1.29, 1.82) is 0 Å². The first-order valence-electron chi connectivity index (χ1n) is 5.03. The summed E-state index contributed by atoms with van der Waals surface area (Å²) in [4.78, 5) is 4.53. The SMILES string of the molecule is CC(C)(OO)C1CCC(CS)CC1. The molecule has 0 radical (unpaired) electrons. The monoisotopic (exact) mass is 204 g/mol. The van der Waals surface area contributed by atoms with E-state index in [9.17, 15) is 0 Å². The van der Waals surface area contributed by atoms with E-state index < -0.39 is 0 Å². The molecule has 2 nitrogen and oxygen atoms in total. The molecule has 0 aromatic heterocycles. The van der Waals surface area contributed by atoms with Gasteiger partial charge in [0.1, 0.15) is 5.60 Å². The number of hydrogen-bond acceptors (Lipinski definition) is 3. The van der Waals surface area contributed by atoms with E-state index in [2.05, 4.69) is 17.5 Å². The minimum atomic E-state index is -0.373. The molecule has 0 aromatic rings. The van der Waals surface area contributed by atoms with Crippen LogP contribution in [0.1, 0.15) is 39.5 Å². The number of thiol groups is 1. The standard InChI is InChI=1S/C10H20O2S/c1-10(2,12-11)9-5-3-8(7-13)4-6-9/h8-9,11,13H,3-7H2,1-2H3. The average molecular weight is 204 g/mol. The van der Waals surface area contributed by atoms with E-state index in [1.807, 2.05) is 13.8 Å². The van der Waals surface area contributed by atoms with Crippen LogP contribution in [0.15, 0.2) is 0 Å². The van der Waals surface area contributed by atoms with Crippen molar-refractivity contribution in [2.45, 2.75) is 45.1 Å². The first kappa shape index (κ1) is 11.3. The highest BCUT2D eigenvalue weighted by atomic mass is 32.1. The molecule has 1 fully saturated rings. The largest absolute Gasteiger partial charge is 0.251 e. The lowest BCUT2D eigenvalue weighted by Gasteiger charge is -2.36. The molecule has 0 amide bonds. The van der Waals surface area contributed by atoms with Gasteiger partial charge in [-0.1, -0.05) is 0 Å². The third kappa shape index (κ3) is 2.86. The van der Waals surface area contributed by atoms with Gasteiger partial charge in [0.05, 0.1) is 0 Å². The molecule has 1 N–H and O–H groups in total. The minimum absolute atomic E-state index is 0.373. The Morgan fingerprint density at radius 2 is 1.85 bits per heavy atom. The summed E-state index contributed by atoms with van der Waals surface area (Å²) >= 11 is 4.31. The molecular weight excluding hydrogens is 184 g/mol. The molecular formula is C10H20O2S. The first-order chi connectivity index (χ1) is 6.10. The molecule has 1 aliphatic rings. The lowest BCUT2D eigenvalue weighted by Crippen LogP contribution is -2.36. The summed E-state index contributed by atoms with van der Waals surface area (Å²) in [5, 5.41) is 8.75. The Kier molecular flexibility index (Phi) is 4.07. The Bertz CT molecular complexity index is 151. The molecule has 1 rings (SSSR count). The molecule has 1 saturated carbocycles. The fourth-order valence-corrected chi connectivity index (χ4v) is 2.48. The van der Waals surface area contributed by atoms with Crippen molar-refractivity contribution in [2.75, 3.05) is 5.75 Å². The van der Waals surface area contributed by atoms with Crippen LogP contribution in [0.5, 0.6) is 0 Å². The third-order valence-electron chi connectivity index (χ3n) is 3.32. The van der Waals surface area contributed by atoms with Crippen LogP contribution in [-0.4, -0.2) is 16.6 Å². The van der Waals surface area contributed by atoms with E-state index in [-0.39, 0.29) is 5.60 Å². The molecule has 0 bridgehead atoms. The second-order valence-corrected chi connectivity index (χ2v) is 4.96. The van der Waals surface area contributed by atoms with E-state index in [0.29, 0.717) is 5.92 Å². The van der Waals surface area contributed by atoms with E-state index in [4.69, 9.17) is 5.26 Å². The number of rotatable bonds is 3. The van der Waals surface area contributed by atoms with Crippen LogP contribution >= 0.6 is 12.6 Å². The van der Waals surface area contributed by atoms with Gasteiger partial charge in [-0.3, -0.25) is 5.26 Å². The van der Waals surface area contributed by atoms with Crippen LogP contribution in [0.4, 0.5) is 0 Å². The zero-order chi connectivity index (χ0) is 9.90. The highest BCUT2D eigenvalue weighted by Gasteiger charge is 2.33. The summed E-state index contributed by atoms with van der Waals surface area (Å²) in [6.07, 6.45) is 4.75. The van der Waals surface area contributed by atoms with Gasteiger partial charge < -0.3 is 0 Å². The van der Waals surface area contributed by atoms with Crippen molar-refractivity contribution >= 4 is 12.6 Å². The molecule has 78 valence electrons.